The number of amides is 1. The van der Waals surface area contributed by atoms with Gasteiger partial charge in [-0.2, -0.15) is 5.10 Å². The largest absolute Gasteiger partial charge is 0.341 e. The van der Waals surface area contributed by atoms with Gasteiger partial charge in [-0.05, 0) is 37.1 Å². The summed E-state index contributed by atoms with van der Waals surface area (Å²) in [5.74, 6) is 1.27. The molecule has 0 bridgehead atoms. The van der Waals surface area contributed by atoms with Gasteiger partial charge in [0, 0.05) is 37.5 Å². The normalized spacial score (nSPS) is 17.1. The van der Waals surface area contributed by atoms with Gasteiger partial charge in [0.1, 0.15) is 5.82 Å². The number of carbonyl (C=O) groups is 1. The van der Waals surface area contributed by atoms with Crippen molar-refractivity contribution in [2.45, 2.75) is 19.9 Å². The van der Waals surface area contributed by atoms with Gasteiger partial charge in [0.25, 0.3) is 5.91 Å². The van der Waals surface area contributed by atoms with Gasteiger partial charge in [0.2, 0.25) is 0 Å². The molecule has 5 heteroatoms. The Morgan fingerprint density at radius 3 is 2.86 bits per heavy atom. The van der Waals surface area contributed by atoms with E-state index in [9.17, 15) is 4.79 Å². The maximum Gasteiger partial charge on any atom is 0.253 e. The molecule has 0 atom stereocenters. The molecule has 21 heavy (non-hydrogen) atoms. The van der Waals surface area contributed by atoms with Crippen molar-refractivity contribution < 1.29 is 4.79 Å². The molecule has 3 heterocycles. The molecule has 5 nitrogen and oxygen atoms in total. The summed E-state index contributed by atoms with van der Waals surface area (Å²) in [6, 6.07) is 8.30. The van der Waals surface area contributed by atoms with E-state index in [0.29, 0.717) is 0 Å². The minimum absolute atomic E-state index is 0.130. The highest BCUT2D eigenvalue weighted by Crippen LogP contribution is 2.32. The zero-order valence-electron chi connectivity index (χ0n) is 12.3. The first-order valence-corrected chi connectivity index (χ1v) is 7.34. The minimum atomic E-state index is 0.130. The summed E-state index contributed by atoms with van der Waals surface area (Å²) < 4.78 is 2.05. The predicted molar refractivity (Wildman–Crippen MR) is 81.1 cm³/mol. The van der Waals surface area contributed by atoms with Crippen LogP contribution in [0.4, 0.5) is 11.5 Å². The lowest BCUT2D eigenvalue weighted by atomic mass is 9.98. The van der Waals surface area contributed by atoms with Gasteiger partial charge in [0.05, 0.1) is 12.2 Å². The topological polar surface area (TPSA) is 41.4 Å². The Morgan fingerprint density at radius 1 is 1.14 bits per heavy atom. The monoisotopic (exact) mass is 282 g/mol. The fourth-order valence-electron chi connectivity index (χ4n) is 3.24. The lowest BCUT2D eigenvalue weighted by Gasteiger charge is -2.26. The van der Waals surface area contributed by atoms with E-state index in [2.05, 4.69) is 22.1 Å². The van der Waals surface area contributed by atoms with Crippen LogP contribution in [0, 0.1) is 6.92 Å². The van der Waals surface area contributed by atoms with Gasteiger partial charge in [-0.3, -0.25) is 4.79 Å². The number of benzene rings is 1. The zero-order chi connectivity index (χ0) is 14.6. The second-order valence-electron chi connectivity index (χ2n) is 5.84. The van der Waals surface area contributed by atoms with E-state index < -0.39 is 0 Å². The van der Waals surface area contributed by atoms with Crippen molar-refractivity contribution in [2.24, 2.45) is 0 Å². The molecule has 0 aliphatic carbocycles. The number of aryl methyl sites for hydroxylation is 1. The first-order chi connectivity index (χ1) is 10.1. The highest BCUT2D eigenvalue weighted by Gasteiger charge is 2.25. The maximum atomic E-state index is 12.1. The molecule has 1 amide bonds. The van der Waals surface area contributed by atoms with E-state index in [0.717, 1.165) is 54.4 Å². The SMILES string of the molecule is Cc1cc2n(n1)CCN2c1ccc2c(c1)CCN(C)C2=O. The highest BCUT2D eigenvalue weighted by atomic mass is 16.2. The Morgan fingerprint density at radius 2 is 2.00 bits per heavy atom. The summed E-state index contributed by atoms with van der Waals surface area (Å²) in [4.78, 5) is 16.2. The van der Waals surface area contributed by atoms with Crippen molar-refractivity contribution >= 4 is 17.4 Å². The van der Waals surface area contributed by atoms with Crippen molar-refractivity contribution in [2.75, 3.05) is 25.0 Å². The Labute approximate surface area is 123 Å². The smallest absolute Gasteiger partial charge is 0.253 e. The molecule has 1 aromatic carbocycles. The standard InChI is InChI=1S/C16H18N4O/c1-11-9-15-19(7-8-20(15)17-11)13-3-4-14-12(10-13)5-6-18(2)16(14)21/h3-4,9-10H,5-8H2,1-2H3. The Kier molecular flexibility index (Phi) is 2.58. The number of hydrogen-bond donors (Lipinski definition) is 0. The molecule has 1 aromatic heterocycles. The van der Waals surface area contributed by atoms with Crippen molar-refractivity contribution in [3.8, 4) is 0 Å². The molecule has 0 spiro atoms. The summed E-state index contributed by atoms with van der Waals surface area (Å²) >= 11 is 0. The van der Waals surface area contributed by atoms with Crippen LogP contribution in [0.5, 0.6) is 0 Å². The summed E-state index contributed by atoms with van der Waals surface area (Å²) in [5.41, 5.74) is 4.20. The zero-order valence-corrected chi connectivity index (χ0v) is 12.3. The molecule has 4 rings (SSSR count). The molecule has 0 saturated heterocycles. The average Bonchev–Trinajstić information content (AvgIpc) is 3.01. The second-order valence-corrected chi connectivity index (χ2v) is 5.84. The van der Waals surface area contributed by atoms with E-state index in [4.69, 9.17) is 0 Å². The van der Waals surface area contributed by atoms with Gasteiger partial charge in [-0.25, -0.2) is 4.68 Å². The molecule has 0 saturated carbocycles. The van der Waals surface area contributed by atoms with E-state index >= 15 is 0 Å². The lowest BCUT2D eigenvalue weighted by molar-refractivity contribution is 0.0781. The molecule has 0 unspecified atom stereocenters. The van der Waals surface area contributed by atoms with Crippen molar-refractivity contribution in [3.05, 3.63) is 41.1 Å². The number of aromatic nitrogens is 2. The van der Waals surface area contributed by atoms with Crippen molar-refractivity contribution in [1.82, 2.24) is 14.7 Å². The number of likely N-dealkylation sites (N-methyl/N-ethyl adjacent to an activating group) is 1. The van der Waals surface area contributed by atoms with Crippen LogP contribution in [-0.4, -0.2) is 40.7 Å². The summed E-state index contributed by atoms with van der Waals surface area (Å²) in [5, 5.41) is 4.49. The molecule has 2 aliphatic heterocycles. The highest BCUT2D eigenvalue weighted by molar-refractivity contribution is 5.97. The lowest BCUT2D eigenvalue weighted by Crippen LogP contribution is -2.34. The number of nitrogens with zero attached hydrogens (tertiary/aromatic N) is 4. The molecule has 0 fully saturated rings. The molecule has 108 valence electrons. The fourth-order valence-corrected chi connectivity index (χ4v) is 3.24. The summed E-state index contributed by atoms with van der Waals surface area (Å²) in [6.07, 6.45) is 0.928. The first kappa shape index (κ1) is 12.4. The van der Waals surface area contributed by atoms with E-state index in [1.807, 2.05) is 30.8 Å². The van der Waals surface area contributed by atoms with Gasteiger partial charge in [0.15, 0.2) is 0 Å². The van der Waals surface area contributed by atoms with E-state index in [1.54, 1.807) is 4.90 Å². The summed E-state index contributed by atoms with van der Waals surface area (Å²) in [7, 11) is 1.86. The van der Waals surface area contributed by atoms with Crippen molar-refractivity contribution in [3.63, 3.8) is 0 Å². The van der Waals surface area contributed by atoms with Crippen LogP contribution < -0.4 is 4.90 Å². The predicted octanol–water partition coefficient (Wildman–Crippen LogP) is 1.97. The third-order valence-electron chi connectivity index (χ3n) is 4.39. The number of carbonyl (C=O) groups excluding carboxylic acids is 1. The van der Waals surface area contributed by atoms with Crippen molar-refractivity contribution in [1.29, 1.82) is 0 Å². The minimum Gasteiger partial charge on any atom is -0.341 e. The van der Waals surface area contributed by atoms with Crippen LogP contribution in [0.1, 0.15) is 21.6 Å². The Hall–Kier alpha value is -2.30. The average molecular weight is 282 g/mol. The Bertz CT molecular complexity index is 734. The number of hydrogen-bond acceptors (Lipinski definition) is 3. The molecule has 0 radical (unpaired) electrons. The number of fused-ring (bicyclic) bond motifs is 2. The molecular formula is C16H18N4O. The van der Waals surface area contributed by atoms with Gasteiger partial charge in [-0.1, -0.05) is 0 Å². The van der Waals surface area contributed by atoms with Gasteiger partial charge >= 0.3 is 0 Å². The first-order valence-electron chi connectivity index (χ1n) is 7.34. The van der Waals surface area contributed by atoms with Crippen LogP contribution in [0.15, 0.2) is 24.3 Å². The van der Waals surface area contributed by atoms with E-state index in [-0.39, 0.29) is 5.91 Å². The quantitative estimate of drug-likeness (QED) is 0.803. The van der Waals surface area contributed by atoms with Crippen LogP contribution in [0.25, 0.3) is 0 Å². The van der Waals surface area contributed by atoms with E-state index in [1.165, 1.54) is 0 Å². The van der Waals surface area contributed by atoms with Crippen LogP contribution in [0.2, 0.25) is 0 Å². The molecule has 0 N–H and O–H groups in total. The molecular weight excluding hydrogens is 264 g/mol. The maximum absolute atomic E-state index is 12.1. The summed E-state index contributed by atoms with van der Waals surface area (Å²) in [6.45, 7) is 4.67. The van der Waals surface area contributed by atoms with Gasteiger partial charge < -0.3 is 9.80 Å². The van der Waals surface area contributed by atoms with Gasteiger partial charge in [-0.15, -0.1) is 0 Å². The van der Waals surface area contributed by atoms with Crippen LogP contribution in [0.3, 0.4) is 0 Å². The number of rotatable bonds is 1. The van der Waals surface area contributed by atoms with Crippen LogP contribution in [-0.2, 0) is 13.0 Å². The third-order valence-corrected chi connectivity index (χ3v) is 4.39. The molecule has 2 aliphatic rings. The fraction of sp³-hybridized carbons (Fsp3) is 0.375. The second kappa shape index (κ2) is 4.35. The Balaban J connectivity index is 1.73. The van der Waals surface area contributed by atoms with Crippen LogP contribution >= 0.6 is 0 Å². The number of anilines is 2. The third kappa shape index (κ3) is 1.84. The molecule has 2 aromatic rings.